The molecule has 2 rings (SSSR count). The summed E-state index contributed by atoms with van der Waals surface area (Å²) in [5.74, 6) is 0.739. The van der Waals surface area contributed by atoms with Crippen LogP contribution in [0.3, 0.4) is 0 Å². The van der Waals surface area contributed by atoms with Gasteiger partial charge in [0.05, 0.1) is 0 Å². The topological polar surface area (TPSA) is 101 Å². The Morgan fingerprint density at radius 3 is 2.67 bits per heavy atom. The first kappa shape index (κ1) is 19.4. The van der Waals surface area contributed by atoms with E-state index in [0.717, 1.165) is 17.7 Å². The van der Waals surface area contributed by atoms with Crippen molar-refractivity contribution < 1.29 is 13.2 Å². The second kappa shape index (κ2) is 8.42. The van der Waals surface area contributed by atoms with Crippen molar-refractivity contribution in [2.24, 2.45) is 17.6 Å². The monoisotopic (exact) mass is 373 g/mol. The van der Waals surface area contributed by atoms with Crippen LogP contribution in [0.25, 0.3) is 0 Å². The van der Waals surface area contributed by atoms with E-state index in [1.165, 1.54) is 11.3 Å². The number of carbonyl (C=O) groups is 1. The molecule has 0 bridgehead atoms. The highest BCUT2D eigenvalue weighted by Crippen LogP contribution is 2.33. The Morgan fingerprint density at radius 1 is 1.38 bits per heavy atom. The van der Waals surface area contributed by atoms with Gasteiger partial charge in [-0.05, 0) is 43.2 Å². The van der Waals surface area contributed by atoms with Crippen LogP contribution >= 0.6 is 11.3 Å². The summed E-state index contributed by atoms with van der Waals surface area (Å²) in [5.41, 5.74) is 5.67. The lowest BCUT2D eigenvalue weighted by atomic mass is 10.1. The lowest BCUT2D eigenvalue weighted by Gasteiger charge is -2.15. The zero-order valence-corrected chi connectivity index (χ0v) is 15.9. The van der Waals surface area contributed by atoms with Gasteiger partial charge in [0, 0.05) is 30.4 Å². The summed E-state index contributed by atoms with van der Waals surface area (Å²) in [6.07, 6.45) is 3.22. The number of nitrogens with one attached hydrogen (secondary N) is 2. The fourth-order valence-electron chi connectivity index (χ4n) is 2.50. The van der Waals surface area contributed by atoms with Gasteiger partial charge in [0.25, 0.3) is 0 Å². The summed E-state index contributed by atoms with van der Waals surface area (Å²) in [5, 5.41) is 2.86. The average molecular weight is 374 g/mol. The van der Waals surface area contributed by atoms with Gasteiger partial charge >= 0.3 is 0 Å². The minimum Gasteiger partial charge on any atom is -0.356 e. The van der Waals surface area contributed by atoms with Crippen molar-refractivity contribution in [3.63, 3.8) is 0 Å². The second-order valence-corrected chi connectivity index (χ2v) is 9.83. The lowest BCUT2D eigenvalue weighted by Crippen LogP contribution is -2.41. The Hall–Kier alpha value is -0.960. The zero-order chi connectivity index (χ0) is 17.7. The van der Waals surface area contributed by atoms with Gasteiger partial charge in [-0.2, -0.15) is 0 Å². The van der Waals surface area contributed by atoms with Crippen LogP contribution in [0.1, 0.15) is 38.0 Å². The third kappa shape index (κ3) is 5.84. The molecule has 0 aromatic carbocycles. The first-order valence-corrected chi connectivity index (χ1v) is 10.7. The van der Waals surface area contributed by atoms with Crippen molar-refractivity contribution in [2.75, 3.05) is 13.1 Å². The Bertz CT molecular complexity index is 651. The molecule has 1 aliphatic carbocycles. The van der Waals surface area contributed by atoms with E-state index in [4.69, 9.17) is 5.73 Å². The molecule has 1 saturated carbocycles. The second-order valence-electron chi connectivity index (χ2n) is 6.72. The van der Waals surface area contributed by atoms with Crippen molar-refractivity contribution in [1.82, 2.24) is 10.0 Å². The van der Waals surface area contributed by atoms with E-state index in [1.54, 1.807) is 6.07 Å². The predicted octanol–water partition coefficient (Wildman–Crippen LogP) is 1.47. The Labute approximate surface area is 148 Å². The molecule has 1 atom stereocenters. The fourth-order valence-corrected chi connectivity index (χ4v) is 5.19. The minimum atomic E-state index is -3.51. The molecule has 0 radical (unpaired) electrons. The summed E-state index contributed by atoms with van der Waals surface area (Å²) < 4.78 is 27.9. The zero-order valence-electron chi connectivity index (χ0n) is 14.2. The standard InChI is InChI=1S/C16H27N3O3S2/c1-11(2)9-15(20)18-8-7-13-5-6-16(23-13)24(21,22)19-14(10-17)12-3-4-12/h5-6,11-12,14,19H,3-4,7-10,17H2,1-2H3,(H,18,20). The first-order chi connectivity index (χ1) is 11.3. The van der Waals surface area contributed by atoms with Crippen LogP contribution in [0.4, 0.5) is 0 Å². The van der Waals surface area contributed by atoms with Crippen LogP contribution in [0.2, 0.25) is 0 Å². The van der Waals surface area contributed by atoms with E-state index < -0.39 is 10.0 Å². The maximum Gasteiger partial charge on any atom is 0.250 e. The molecule has 1 amide bonds. The van der Waals surface area contributed by atoms with E-state index in [-0.39, 0.29) is 11.9 Å². The quantitative estimate of drug-likeness (QED) is 0.578. The van der Waals surface area contributed by atoms with E-state index >= 15 is 0 Å². The first-order valence-electron chi connectivity index (χ1n) is 8.39. The Kier molecular flexibility index (Phi) is 6.79. The van der Waals surface area contributed by atoms with Crippen molar-refractivity contribution in [1.29, 1.82) is 0 Å². The highest BCUT2D eigenvalue weighted by Gasteiger charge is 2.33. The Balaban J connectivity index is 1.86. The molecule has 1 heterocycles. The van der Waals surface area contributed by atoms with Crippen LogP contribution in [0, 0.1) is 11.8 Å². The molecule has 8 heteroatoms. The number of sulfonamides is 1. The largest absolute Gasteiger partial charge is 0.356 e. The maximum absolute atomic E-state index is 12.4. The van der Waals surface area contributed by atoms with E-state index in [9.17, 15) is 13.2 Å². The molecule has 0 saturated heterocycles. The van der Waals surface area contributed by atoms with Gasteiger partial charge in [-0.1, -0.05) is 13.8 Å². The van der Waals surface area contributed by atoms with E-state index in [1.807, 2.05) is 19.9 Å². The predicted molar refractivity (Wildman–Crippen MR) is 96.4 cm³/mol. The SMILES string of the molecule is CC(C)CC(=O)NCCc1ccc(S(=O)(=O)NC(CN)C2CC2)s1. The molecule has 1 aromatic rings. The summed E-state index contributed by atoms with van der Waals surface area (Å²) in [4.78, 5) is 12.5. The molecule has 0 spiro atoms. The third-order valence-electron chi connectivity index (χ3n) is 3.94. The molecule has 1 aromatic heterocycles. The molecule has 1 fully saturated rings. The molecular formula is C16H27N3O3S2. The number of rotatable bonds is 10. The lowest BCUT2D eigenvalue weighted by molar-refractivity contribution is -0.121. The number of thiophene rings is 1. The molecule has 136 valence electrons. The van der Waals surface area contributed by atoms with E-state index in [2.05, 4.69) is 10.0 Å². The van der Waals surface area contributed by atoms with Crippen molar-refractivity contribution in [2.45, 2.75) is 49.8 Å². The van der Waals surface area contributed by atoms with Crippen LogP contribution in [-0.4, -0.2) is 33.5 Å². The number of hydrogen-bond donors (Lipinski definition) is 3. The minimum absolute atomic E-state index is 0.0336. The summed E-state index contributed by atoms with van der Waals surface area (Å²) in [6.45, 7) is 4.84. The molecule has 0 aliphatic heterocycles. The number of nitrogens with two attached hydrogens (primary N) is 1. The van der Waals surface area contributed by atoms with Gasteiger partial charge in [0.1, 0.15) is 4.21 Å². The van der Waals surface area contributed by atoms with Crippen LogP contribution in [0.15, 0.2) is 16.3 Å². The van der Waals surface area contributed by atoms with Gasteiger partial charge in [-0.15, -0.1) is 11.3 Å². The Morgan fingerprint density at radius 2 is 2.08 bits per heavy atom. The number of amides is 1. The molecule has 6 nitrogen and oxygen atoms in total. The molecule has 24 heavy (non-hydrogen) atoms. The van der Waals surface area contributed by atoms with Gasteiger partial charge in [0.15, 0.2) is 0 Å². The van der Waals surface area contributed by atoms with Crippen LogP contribution in [-0.2, 0) is 21.2 Å². The fraction of sp³-hybridized carbons (Fsp3) is 0.688. The molecule has 1 aliphatic rings. The van der Waals surface area contributed by atoms with Crippen molar-refractivity contribution in [3.8, 4) is 0 Å². The van der Waals surface area contributed by atoms with Crippen LogP contribution in [0.5, 0.6) is 0 Å². The molecule has 4 N–H and O–H groups in total. The normalized spacial score (nSPS) is 16.3. The van der Waals surface area contributed by atoms with Gasteiger partial charge in [0.2, 0.25) is 15.9 Å². The van der Waals surface area contributed by atoms with Gasteiger partial charge in [-0.25, -0.2) is 13.1 Å². The summed E-state index contributed by atoms with van der Waals surface area (Å²) >= 11 is 1.25. The maximum atomic E-state index is 12.4. The molecule has 1 unspecified atom stereocenters. The highest BCUT2D eigenvalue weighted by molar-refractivity contribution is 7.91. The van der Waals surface area contributed by atoms with Crippen molar-refractivity contribution in [3.05, 3.63) is 17.0 Å². The number of carbonyl (C=O) groups excluding carboxylic acids is 1. The van der Waals surface area contributed by atoms with Crippen molar-refractivity contribution >= 4 is 27.3 Å². The summed E-state index contributed by atoms with van der Waals surface area (Å²) in [7, 11) is -3.51. The van der Waals surface area contributed by atoms with Gasteiger partial charge < -0.3 is 11.1 Å². The van der Waals surface area contributed by atoms with E-state index in [0.29, 0.717) is 42.0 Å². The highest BCUT2D eigenvalue weighted by atomic mass is 32.2. The third-order valence-corrected chi connectivity index (χ3v) is 7.07. The van der Waals surface area contributed by atoms with Gasteiger partial charge in [-0.3, -0.25) is 4.79 Å². The average Bonchev–Trinajstić information content (AvgIpc) is 3.22. The number of hydrogen-bond acceptors (Lipinski definition) is 5. The smallest absolute Gasteiger partial charge is 0.250 e. The van der Waals surface area contributed by atoms with Crippen LogP contribution < -0.4 is 15.8 Å². The molecular weight excluding hydrogens is 346 g/mol. The summed E-state index contributed by atoms with van der Waals surface area (Å²) in [6, 6.07) is 3.26.